The SMILES string of the molecule is C=CCN(Cc1cc(Br)ccc1F)C(=O)Cn1ncc2ccccc2c1=O. The normalized spacial score (nSPS) is 10.7. The summed E-state index contributed by atoms with van der Waals surface area (Å²) in [6.45, 7) is 3.72. The molecular weight excluding hydrogens is 413 g/mol. The predicted molar refractivity (Wildman–Crippen MR) is 106 cm³/mol. The Labute approximate surface area is 163 Å². The monoisotopic (exact) mass is 429 g/mol. The minimum absolute atomic E-state index is 0.0679. The Morgan fingerprint density at radius 1 is 1.30 bits per heavy atom. The Morgan fingerprint density at radius 2 is 2.07 bits per heavy atom. The van der Waals surface area contributed by atoms with Crippen LogP contribution in [0.1, 0.15) is 5.56 Å². The second kappa shape index (κ2) is 8.26. The van der Waals surface area contributed by atoms with Crippen LogP contribution in [0.25, 0.3) is 10.8 Å². The van der Waals surface area contributed by atoms with Crippen molar-refractivity contribution < 1.29 is 9.18 Å². The predicted octanol–water partition coefficient (Wildman–Crippen LogP) is 3.51. The molecule has 0 fully saturated rings. The van der Waals surface area contributed by atoms with Crippen LogP contribution in [0.4, 0.5) is 4.39 Å². The molecule has 0 aliphatic rings. The molecule has 0 saturated heterocycles. The number of fused-ring (bicyclic) bond motifs is 1. The summed E-state index contributed by atoms with van der Waals surface area (Å²) >= 11 is 3.30. The van der Waals surface area contributed by atoms with Gasteiger partial charge in [-0.25, -0.2) is 9.07 Å². The second-order valence-corrected chi connectivity index (χ2v) is 6.91. The fraction of sp³-hybridized carbons (Fsp3) is 0.150. The third-order valence-corrected chi connectivity index (χ3v) is 4.61. The van der Waals surface area contributed by atoms with Gasteiger partial charge >= 0.3 is 0 Å². The lowest BCUT2D eigenvalue weighted by molar-refractivity contribution is -0.132. The van der Waals surface area contributed by atoms with E-state index < -0.39 is 5.82 Å². The number of hydrogen-bond acceptors (Lipinski definition) is 3. The van der Waals surface area contributed by atoms with Gasteiger partial charge in [0.2, 0.25) is 5.91 Å². The van der Waals surface area contributed by atoms with Crippen LogP contribution in [-0.2, 0) is 17.9 Å². The molecule has 3 rings (SSSR count). The van der Waals surface area contributed by atoms with Crippen molar-refractivity contribution in [1.29, 1.82) is 0 Å². The first kappa shape index (κ1) is 19.0. The number of halogens is 2. The fourth-order valence-corrected chi connectivity index (χ4v) is 3.16. The number of carbonyl (C=O) groups excluding carboxylic acids is 1. The summed E-state index contributed by atoms with van der Waals surface area (Å²) in [5, 5.41) is 5.28. The van der Waals surface area contributed by atoms with Crippen molar-refractivity contribution in [2.24, 2.45) is 0 Å². The minimum Gasteiger partial charge on any atom is -0.333 e. The van der Waals surface area contributed by atoms with Crippen molar-refractivity contribution in [2.45, 2.75) is 13.1 Å². The van der Waals surface area contributed by atoms with Crippen molar-refractivity contribution in [3.8, 4) is 0 Å². The third-order valence-electron chi connectivity index (χ3n) is 4.12. The van der Waals surface area contributed by atoms with Gasteiger partial charge in [0.25, 0.3) is 5.56 Å². The van der Waals surface area contributed by atoms with Crippen LogP contribution in [-0.4, -0.2) is 27.1 Å². The van der Waals surface area contributed by atoms with Crippen LogP contribution in [0.3, 0.4) is 0 Å². The molecule has 1 amide bonds. The lowest BCUT2D eigenvalue weighted by Gasteiger charge is -2.22. The molecule has 1 heterocycles. The summed E-state index contributed by atoms with van der Waals surface area (Å²) in [6.07, 6.45) is 3.11. The molecule has 2 aromatic carbocycles. The molecule has 0 unspecified atom stereocenters. The number of rotatable bonds is 6. The Morgan fingerprint density at radius 3 is 2.85 bits per heavy atom. The molecule has 1 aromatic heterocycles. The molecule has 138 valence electrons. The number of carbonyl (C=O) groups is 1. The number of benzene rings is 2. The van der Waals surface area contributed by atoms with E-state index in [2.05, 4.69) is 27.6 Å². The molecule has 0 aliphatic heterocycles. The van der Waals surface area contributed by atoms with Gasteiger partial charge in [-0.15, -0.1) is 6.58 Å². The lowest BCUT2D eigenvalue weighted by Crippen LogP contribution is -2.37. The minimum atomic E-state index is -0.402. The first-order valence-corrected chi connectivity index (χ1v) is 9.06. The van der Waals surface area contributed by atoms with Crippen molar-refractivity contribution >= 4 is 32.6 Å². The Balaban J connectivity index is 1.85. The Kier molecular flexibility index (Phi) is 5.81. The van der Waals surface area contributed by atoms with Crippen molar-refractivity contribution in [3.05, 3.63) is 87.5 Å². The lowest BCUT2D eigenvalue weighted by atomic mass is 10.2. The molecule has 0 N–H and O–H groups in total. The average Bonchev–Trinajstić information content (AvgIpc) is 2.66. The highest BCUT2D eigenvalue weighted by atomic mass is 79.9. The van der Waals surface area contributed by atoms with Crippen LogP contribution in [0.15, 0.2) is 70.6 Å². The zero-order valence-electron chi connectivity index (χ0n) is 14.4. The summed E-state index contributed by atoms with van der Waals surface area (Å²) in [6, 6.07) is 11.6. The first-order chi connectivity index (χ1) is 13.0. The summed E-state index contributed by atoms with van der Waals surface area (Å²) in [7, 11) is 0. The van der Waals surface area contributed by atoms with E-state index in [9.17, 15) is 14.0 Å². The van der Waals surface area contributed by atoms with E-state index in [0.29, 0.717) is 16.3 Å². The second-order valence-electron chi connectivity index (χ2n) is 5.99. The van der Waals surface area contributed by atoms with E-state index in [-0.39, 0.29) is 31.1 Å². The average molecular weight is 430 g/mol. The summed E-state index contributed by atoms with van der Waals surface area (Å²) in [5.74, 6) is -0.750. The standard InChI is InChI=1S/C20H17BrFN3O2/c1-2-9-24(12-15-10-16(21)7-8-18(15)22)19(26)13-25-20(27)17-6-4-3-5-14(17)11-23-25/h2-8,10-11H,1,9,12-13H2. The van der Waals surface area contributed by atoms with E-state index >= 15 is 0 Å². The highest BCUT2D eigenvalue weighted by Crippen LogP contribution is 2.17. The van der Waals surface area contributed by atoms with E-state index in [0.717, 1.165) is 9.15 Å². The first-order valence-electron chi connectivity index (χ1n) is 8.27. The van der Waals surface area contributed by atoms with Crippen molar-refractivity contribution in [2.75, 3.05) is 6.54 Å². The van der Waals surface area contributed by atoms with E-state index in [1.165, 1.54) is 11.0 Å². The van der Waals surface area contributed by atoms with E-state index in [1.54, 1.807) is 42.6 Å². The maximum absolute atomic E-state index is 14.0. The van der Waals surface area contributed by atoms with Gasteiger partial charge in [-0.05, 0) is 24.3 Å². The van der Waals surface area contributed by atoms with E-state index in [4.69, 9.17) is 0 Å². The highest BCUT2D eigenvalue weighted by molar-refractivity contribution is 9.10. The molecule has 3 aromatic rings. The Hall–Kier alpha value is -2.80. The number of amides is 1. The van der Waals surface area contributed by atoms with Crippen LogP contribution in [0, 0.1) is 5.82 Å². The molecule has 7 heteroatoms. The molecule has 0 radical (unpaired) electrons. The van der Waals surface area contributed by atoms with Gasteiger partial charge in [-0.3, -0.25) is 9.59 Å². The molecule has 27 heavy (non-hydrogen) atoms. The number of aromatic nitrogens is 2. The van der Waals surface area contributed by atoms with Gasteiger partial charge < -0.3 is 4.90 Å². The van der Waals surface area contributed by atoms with Gasteiger partial charge in [-0.1, -0.05) is 40.2 Å². The van der Waals surface area contributed by atoms with Crippen LogP contribution >= 0.6 is 15.9 Å². The molecular formula is C20H17BrFN3O2. The fourth-order valence-electron chi connectivity index (χ4n) is 2.75. The third kappa shape index (κ3) is 4.31. The van der Waals surface area contributed by atoms with Crippen LogP contribution < -0.4 is 5.56 Å². The summed E-state index contributed by atoms with van der Waals surface area (Å²) in [4.78, 5) is 26.7. The van der Waals surface area contributed by atoms with Crippen molar-refractivity contribution in [3.63, 3.8) is 0 Å². The largest absolute Gasteiger partial charge is 0.333 e. The van der Waals surface area contributed by atoms with Gasteiger partial charge in [0, 0.05) is 28.5 Å². The molecule has 0 saturated carbocycles. The quantitative estimate of drug-likeness (QED) is 0.563. The maximum Gasteiger partial charge on any atom is 0.275 e. The molecule has 5 nitrogen and oxygen atoms in total. The van der Waals surface area contributed by atoms with E-state index in [1.807, 2.05) is 6.07 Å². The van der Waals surface area contributed by atoms with Crippen LogP contribution in [0.5, 0.6) is 0 Å². The zero-order valence-corrected chi connectivity index (χ0v) is 16.0. The smallest absolute Gasteiger partial charge is 0.275 e. The Bertz CT molecular complexity index is 1060. The van der Waals surface area contributed by atoms with Gasteiger partial charge in [-0.2, -0.15) is 5.10 Å². The molecule has 0 spiro atoms. The van der Waals surface area contributed by atoms with Gasteiger partial charge in [0.15, 0.2) is 0 Å². The molecule has 0 aliphatic carbocycles. The number of hydrogen-bond donors (Lipinski definition) is 0. The van der Waals surface area contributed by atoms with Crippen molar-refractivity contribution in [1.82, 2.24) is 14.7 Å². The zero-order chi connectivity index (χ0) is 19.4. The molecule has 0 bridgehead atoms. The summed E-state index contributed by atoms with van der Waals surface area (Å²) in [5.41, 5.74) is 0.0343. The number of nitrogens with zero attached hydrogens (tertiary/aromatic N) is 3. The van der Waals surface area contributed by atoms with Gasteiger partial charge in [0.1, 0.15) is 12.4 Å². The highest BCUT2D eigenvalue weighted by Gasteiger charge is 2.17. The maximum atomic E-state index is 14.0. The molecule has 0 atom stereocenters. The van der Waals surface area contributed by atoms with Crippen LogP contribution in [0.2, 0.25) is 0 Å². The topological polar surface area (TPSA) is 55.2 Å². The summed E-state index contributed by atoms with van der Waals surface area (Å²) < 4.78 is 15.9. The van der Waals surface area contributed by atoms with Gasteiger partial charge in [0.05, 0.1) is 11.6 Å².